The van der Waals surface area contributed by atoms with Gasteiger partial charge in [-0.3, -0.25) is 9.69 Å². The Hall–Kier alpha value is -2.20. The zero-order chi connectivity index (χ0) is 18.8. The van der Waals surface area contributed by atoms with Crippen molar-refractivity contribution >= 4 is 5.91 Å². The van der Waals surface area contributed by atoms with E-state index in [0.29, 0.717) is 24.9 Å². The van der Waals surface area contributed by atoms with Gasteiger partial charge in [0, 0.05) is 38.6 Å². The van der Waals surface area contributed by atoms with Gasteiger partial charge in [0.25, 0.3) is 0 Å². The first-order valence-electron chi connectivity index (χ1n) is 9.90. The molecule has 0 bridgehead atoms. The van der Waals surface area contributed by atoms with Gasteiger partial charge < -0.3 is 4.90 Å². The first kappa shape index (κ1) is 18.2. The van der Waals surface area contributed by atoms with Crippen LogP contribution in [0.2, 0.25) is 0 Å². The molecule has 2 atom stereocenters. The van der Waals surface area contributed by atoms with Crippen LogP contribution in [-0.4, -0.2) is 34.8 Å². The second kappa shape index (κ2) is 7.81. The largest absolute Gasteiger partial charge is 0.335 e. The van der Waals surface area contributed by atoms with Crippen molar-refractivity contribution in [3.63, 3.8) is 0 Å². The van der Waals surface area contributed by atoms with Gasteiger partial charge in [0.2, 0.25) is 5.91 Å². The average molecular weight is 366 g/mol. The highest BCUT2D eigenvalue weighted by Gasteiger charge is 2.39. The Bertz CT molecular complexity index is 787. The van der Waals surface area contributed by atoms with E-state index in [1.807, 2.05) is 4.90 Å². The molecule has 2 saturated heterocycles. The van der Waals surface area contributed by atoms with Crippen LogP contribution < -0.4 is 0 Å². The third-order valence-electron chi connectivity index (χ3n) is 6.02. The quantitative estimate of drug-likeness (QED) is 0.812. The first-order chi connectivity index (χ1) is 13.1. The number of amides is 1. The van der Waals surface area contributed by atoms with Crippen molar-refractivity contribution in [1.82, 2.24) is 9.80 Å². The van der Waals surface area contributed by atoms with E-state index in [0.717, 1.165) is 38.0 Å². The maximum Gasteiger partial charge on any atom is 0.223 e. The van der Waals surface area contributed by atoms with Gasteiger partial charge in [-0.1, -0.05) is 42.0 Å². The fourth-order valence-corrected chi connectivity index (χ4v) is 4.51. The van der Waals surface area contributed by atoms with Crippen LogP contribution in [0.3, 0.4) is 0 Å². The lowest BCUT2D eigenvalue weighted by Gasteiger charge is -2.47. The molecule has 2 aliphatic heterocycles. The van der Waals surface area contributed by atoms with E-state index in [1.165, 1.54) is 23.3 Å². The van der Waals surface area contributed by atoms with E-state index >= 15 is 0 Å². The number of piperidine rings is 2. The smallest absolute Gasteiger partial charge is 0.223 e. The van der Waals surface area contributed by atoms with Crippen LogP contribution >= 0.6 is 0 Å². The second-order valence-corrected chi connectivity index (χ2v) is 8.02. The lowest BCUT2D eigenvalue weighted by atomic mass is 9.83. The molecule has 0 spiro atoms. The van der Waals surface area contributed by atoms with E-state index in [4.69, 9.17) is 0 Å². The molecule has 0 unspecified atom stereocenters. The maximum atomic E-state index is 13.2. The van der Waals surface area contributed by atoms with Gasteiger partial charge >= 0.3 is 0 Å². The summed E-state index contributed by atoms with van der Waals surface area (Å²) in [5, 5.41) is 0. The second-order valence-electron chi connectivity index (χ2n) is 8.02. The number of likely N-dealkylation sites (tertiary alicyclic amines) is 2. The molecule has 2 aromatic carbocycles. The number of carbonyl (C=O) groups excluding carboxylic acids is 1. The fourth-order valence-electron chi connectivity index (χ4n) is 4.51. The molecule has 0 saturated carbocycles. The SMILES string of the molecule is Cc1ccc(CN2CC[C@H]3[C@H](CCC(=O)N3Cc3ccc(F)cc3)C2)cc1. The molecule has 0 N–H and O–H groups in total. The molecule has 2 heterocycles. The lowest BCUT2D eigenvalue weighted by molar-refractivity contribution is -0.142. The first-order valence-corrected chi connectivity index (χ1v) is 9.90. The molecular formula is C23H27FN2O. The molecule has 2 aliphatic rings. The molecule has 142 valence electrons. The van der Waals surface area contributed by atoms with Crippen molar-refractivity contribution in [2.75, 3.05) is 13.1 Å². The van der Waals surface area contributed by atoms with E-state index in [-0.39, 0.29) is 11.7 Å². The normalized spacial score (nSPS) is 23.3. The summed E-state index contributed by atoms with van der Waals surface area (Å²) in [5.41, 5.74) is 3.65. The highest BCUT2D eigenvalue weighted by atomic mass is 19.1. The minimum absolute atomic E-state index is 0.231. The van der Waals surface area contributed by atoms with E-state index in [9.17, 15) is 9.18 Å². The van der Waals surface area contributed by atoms with Crippen molar-refractivity contribution in [3.8, 4) is 0 Å². The minimum Gasteiger partial charge on any atom is -0.335 e. The number of fused-ring (bicyclic) bond motifs is 1. The summed E-state index contributed by atoms with van der Waals surface area (Å²) in [6.07, 6.45) is 2.62. The summed E-state index contributed by atoms with van der Waals surface area (Å²) in [4.78, 5) is 17.1. The summed E-state index contributed by atoms with van der Waals surface area (Å²) in [7, 11) is 0. The molecule has 27 heavy (non-hydrogen) atoms. The Kier molecular flexibility index (Phi) is 5.26. The number of benzene rings is 2. The van der Waals surface area contributed by atoms with Crippen LogP contribution in [0, 0.1) is 18.7 Å². The van der Waals surface area contributed by atoms with Gasteiger partial charge in [0.1, 0.15) is 5.82 Å². The van der Waals surface area contributed by atoms with E-state index < -0.39 is 0 Å². The van der Waals surface area contributed by atoms with Crippen LogP contribution in [0.1, 0.15) is 36.0 Å². The molecule has 2 fully saturated rings. The summed E-state index contributed by atoms with van der Waals surface area (Å²) < 4.78 is 13.2. The molecular weight excluding hydrogens is 339 g/mol. The maximum absolute atomic E-state index is 13.2. The molecule has 4 heteroatoms. The van der Waals surface area contributed by atoms with Crippen LogP contribution in [0.25, 0.3) is 0 Å². The number of rotatable bonds is 4. The zero-order valence-electron chi connectivity index (χ0n) is 15.9. The Morgan fingerprint density at radius 1 is 0.963 bits per heavy atom. The molecule has 0 radical (unpaired) electrons. The van der Waals surface area contributed by atoms with Crippen molar-refractivity contribution in [3.05, 3.63) is 71.0 Å². The number of carbonyl (C=O) groups is 1. The Balaban J connectivity index is 1.41. The van der Waals surface area contributed by atoms with E-state index in [1.54, 1.807) is 12.1 Å². The Labute approximate surface area is 160 Å². The predicted molar refractivity (Wildman–Crippen MR) is 105 cm³/mol. The van der Waals surface area contributed by atoms with Crippen LogP contribution in [0.15, 0.2) is 48.5 Å². The molecule has 2 aromatic rings. The van der Waals surface area contributed by atoms with Gasteiger partial charge in [-0.2, -0.15) is 0 Å². The number of nitrogens with zero attached hydrogens (tertiary/aromatic N) is 2. The third-order valence-corrected chi connectivity index (χ3v) is 6.02. The van der Waals surface area contributed by atoms with Crippen molar-refractivity contribution in [1.29, 1.82) is 0 Å². The molecule has 0 aromatic heterocycles. The third kappa shape index (κ3) is 4.22. The van der Waals surface area contributed by atoms with Crippen LogP contribution in [0.5, 0.6) is 0 Å². The van der Waals surface area contributed by atoms with Crippen molar-refractivity contribution in [2.24, 2.45) is 5.92 Å². The fraction of sp³-hybridized carbons (Fsp3) is 0.435. The van der Waals surface area contributed by atoms with Crippen LogP contribution in [-0.2, 0) is 17.9 Å². The lowest BCUT2D eigenvalue weighted by Crippen LogP contribution is -2.55. The van der Waals surface area contributed by atoms with Crippen molar-refractivity contribution in [2.45, 2.75) is 45.3 Å². The summed E-state index contributed by atoms with van der Waals surface area (Å²) in [6, 6.07) is 15.6. The van der Waals surface area contributed by atoms with Gasteiger partial charge in [-0.05, 0) is 48.9 Å². The summed E-state index contributed by atoms with van der Waals surface area (Å²) in [5.74, 6) is 0.543. The number of aryl methyl sites for hydroxylation is 1. The minimum atomic E-state index is -0.231. The van der Waals surface area contributed by atoms with Crippen molar-refractivity contribution < 1.29 is 9.18 Å². The van der Waals surface area contributed by atoms with Crippen LogP contribution in [0.4, 0.5) is 4.39 Å². The Morgan fingerprint density at radius 3 is 2.37 bits per heavy atom. The number of hydrogen-bond acceptors (Lipinski definition) is 2. The topological polar surface area (TPSA) is 23.6 Å². The summed E-state index contributed by atoms with van der Waals surface area (Å²) >= 11 is 0. The molecule has 3 nitrogen and oxygen atoms in total. The van der Waals surface area contributed by atoms with E-state index in [2.05, 4.69) is 36.1 Å². The Morgan fingerprint density at radius 2 is 1.63 bits per heavy atom. The molecule has 1 amide bonds. The average Bonchev–Trinajstić information content (AvgIpc) is 2.67. The summed E-state index contributed by atoms with van der Waals surface area (Å²) in [6.45, 7) is 5.76. The molecule has 0 aliphatic carbocycles. The monoisotopic (exact) mass is 366 g/mol. The van der Waals surface area contributed by atoms with Gasteiger partial charge in [-0.25, -0.2) is 4.39 Å². The number of hydrogen-bond donors (Lipinski definition) is 0. The number of halogens is 1. The van der Waals surface area contributed by atoms with Gasteiger partial charge in [-0.15, -0.1) is 0 Å². The van der Waals surface area contributed by atoms with Gasteiger partial charge in [0.05, 0.1) is 0 Å². The highest BCUT2D eigenvalue weighted by Crippen LogP contribution is 2.33. The van der Waals surface area contributed by atoms with Gasteiger partial charge in [0.15, 0.2) is 0 Å². The zero-order valence-corrected chi connectivity index (χ0v) is 15.9. The standard InChI is InChI=1S/C23H27FN2O/c1-17-2-4-18(5-3-17)14-25-13-12-22-20(16-25)8-11-23(27)26(22)15-19-6-9-21(24)10-7-19/h2-7,9-10,20,22H,8,11-16H2,1H3/t20-,22+/m1/s1. The predicted octanol–water partition coefficient (Wildman–Crippen LogP) is 4.15. The highest BCUT2D eigenvalue weighted by molar-refractivity contribution is 5.77. The molecule has 4 rings (SSSR count).